The minimum absolute atomic E-state index is 0.0519. The number of carbonyl (C=O) groups excluding carboxylic acids is 2. The third kappa shape index (κ3) is 4.42. The first-order valence-electron chi connectivity index (χ1n) is 7.86. The molecule has 0 aliphatic carbocycles. The maximum Gasteiger partial charge on any atom is 0.257 e. The third-order valence-corrected chi connectivity index (χ3v) is 5.70. The van der Waals surface area contributed by atoms with Crippen molar-refractivity contribution in [2.24, 2.45) is 0 Å². The summed E-state index contributed by atoms with van der Waals surface area (Å²) in [4.78, 5) is 28.4. The summed E-state index contributed by atoms with van der Waals surface area (Å²) >= 11 is 0. The monoisotopic (exact) mass is 377 g/mol. The van der Waals surface area contributed by atoms with Gasteiger partial charge in [-0.05, 0) is 36.8 Å². The molecule has 0 radical (unpaired) electrons. The van der Waals surface area contributed by atoms with Crippen LogP contribution in [-0.4, -0.2) is 42.8 Å². The molecule has 1 fully saturated rings. The number of carbonyl (C=O) groups is 2. The molecule has 2 N–H and O–H groups in total. The minimum Gasteiger partial charge on any atom is -0.348 e. The summed E-state index contributed by atoms with van der Waals surface area (Å²) < 4.78 is 35.8. The number of rotatable bonds is 4. The molecule has 0 spiro atoms. The van der Waals surface area contributed by atoms with E-state index in [1.807, 2.05) is 0 Å². The molecule has 0 saturated carbocycles. The highest BCUT2D eigenvalue weighted by Crippen LogP contribution is 2.14. The number of hydrogen-bond acceptors (Lipinski definition) is 5. The molecule has 1 aromatic heterocycles. The first kappa shape index (κ1) is 18.0. The van der Waals surface area contributed by atoms with Crippen LogP contribution in [-0.2, 0) is 9.84 Å². The summed E-state index contributed by atoms with van der Waals surface area (Å²) in [6.07, 6.45) is 2.97. The molecule has 1 aliphatic heterocycles. The van der Waals surface area contributed by atoms with E-state index >= 15 is 0 Å². The van der Waals surface area contributed by atoms with Crippen molar-refractivity contribution in [1.82, 2.24) is 10.3 Å². The van der Waals surface area contributed by atoms with E-state index in [9.17, 15) is 22.4 Å². The van der Waals surface area contributed by atoms with Crippen molar-refractivity contribution in [2.45, 2.75) is 12.5 Å². The Bertz CT molecular complexity index is 945. The molecule has 1 aliphatic rings. The number of hydrogen-bond donors (Lipinski definition) is 2. The Morgan fingerprint density at radius 3 is 2.35 bits per heavy atom. The highest BCUT2D eigenvalue weighted by molar-refractivity contribution is 7.91. The van der Waals surface area contributed by atoms with Crippen molar-refractivity contribution < 1.29 is 22.4 Å². The molecule has 1 atom stereocenters. The van der Waals surface area contributed by atoms with Gasteiger partial charge in [-0.15, -0.1) is 0 Å². The molecule has 3 rings (SSSR count). The molecule has 2 heterocycles. The number of nitrogens with one attached hydrogen (secondary N) is 2. The predicted octanol–water partition coefficient (Wildman–Crippen LogP) is 1.39. The highest BCUT2D eigenvalue weighted by Gasteiger charge is 2.29. The van der Waals surface area contributed by atoms with Crippen LogP contribution in [0.3, 0.4) is 0 Å². The number of sulfone groups is 1. The normalized spacial score (nSPS) is 18.3. The summed E-state index contributed by atoms with van der Waals surface area (Å²) in [6, 6.07) is 6.19. The molecule has 1 aromatic carbocycles. The highest BCUT2D eigenvalue weighted by atomic mass is 32.2. The smallest absolute Gasteiger partial charge is 0.257 e. The first-order valence-corrected chi connectivity index (χ1v) is 9.68. The number of aromatic nitrogens is 1. The van der Waals surface area contributed by atoms with Crippen LogP contribution in [0.2, 0.25) is 0 Å². The first-order chi connectivity index (χ1) is 12.3. The van der Waals surface area contributed by atoms with Crippen LogP contribution in [0, 0.1) is 5.82 Å². The van der Waals surface area contributed by atoms with Gasteiger partial charge in [0, 0.05) is 24.1 Å². The van der Waals surface area contributed by atoms with Crippen LogP contribution in [0.1, 0.15) is 27.1 Å². The van der Waals surface area contributed by atoms with Crippen LogP contribution < -0.4 is 10.6 Å². The van der Waals surface area contributed by atoms with E-state index in [4.69, 9.17) is 0 Å². The second kappa shape index (κ2) is 7.20. The molecular formula is C17H16FN3O4S. The van der Waals surface area contributed by atoms with Crippen LogP contribution in [0.4, 0.5) is 10.1 Å². The zero-order valence-electron chi connectivity index (χ0n) is 13.6. The Labute approximate surface area is 149 Å². The second-order valence-corrected chi connectivity index (χ2v) is 8.23. The molecule has 26 heavy (non-hydrogen) atoms. The van der Waals surface area contributed by atoms with Gasteiger partial charge in [0.15, 0.2) is 9.84 Å². The average molecular weight is 377 g/mol. The summed E-state index contributed by atoms with van der Waals surface area (Å²) in [7, 11) is -3.10. The van der Waals surface area contributed by atoms with Gasteiger partial charge in [-0.25, -0.2) is 12.8 Å². The van der Waals surface area contributed by atoms with Gasteiger partial charge in [0.05, 0.1) is 22.6 Å². The van der Waals surface area contributed by atoms with Crippen LogP contribution in [0.15, 0.2) is 42.7 Å². The summed E-state index contributed by atoms with van der Waals surface area (Å²) in [6.45, 7) is 0. The zero-order chi connectivity index (χ0) is 18.7. The summed E-state index contributed by atoms with van der Waals surface area (Å²) in [5.41, 5.74) is 0.712. The van der Waals surface area contributed by atoms with Gasteiger partial charge in [-0.1, -0.05) is 0 Å². The van der Waals surface area contributed by atoms with Crippen molar-refractivity contribution in [2.75, 3.05) is 16.8 Å². The Hall–Kier alpha value is -2.81. The van der Waals surface area contributed by atoms with E-state index in [0.29, 0.717) is 12.1 Å². The van der Waals surface area contributed by atoms with E-state index in [1.54, 1.807) is 0 Å². The maximum atomic E-state index is 12.9. The van der Waals surface area contributed by atoms with Gasteiger partial charge < -0.3 is 10.6 Å². The number of nitrogens with zero attached hydrogens (tertiary/aromatic N) is 1. The third-order valence-electron chi connectivity index (χ3n) is 3.93. The van der Waals surface area contributed by atoms with Crippen molar-refractivity contribution in [3.8, 4) is 0 Å². The Morgan fingerprint density at radius 2 is 1.73 bits per heavy atom. The molecule has 2 aromatic rings. The summed E-state index contributed by atoms with van der Waals surface area (Å²) in [5, 5.41) is 5.22. The lowest BCUT2D eigenvalue weighted by Crippen LogP contribution is -2.35. The SMILES string of the molecule is O=C(Nc1ccc(F)cc1)c1cncc(C(=O)NC2CCS(=O)(=O)C2)c1. The van der Waals surface area contributed by atoms with Crippen LogP contribution in [0.25, 0.3) is 0 Å². The van der Waals surface area contributed by atoms with E-state index in [-0.39, 0.29) is 22.6 Å². The van der Waals surface area contributed by atoms with Gasteiger partial charge in [-0.2, -0.15) is 0 Å². The quantitative estimate of drug-likeness (QED) is 0.838. The van der Waals surface area contributed by atoms with Crippen LogP contribution in [0.5, 0.6) is 0 Å². The van der Waals surface area contributed by atoms with E-state index in [1.165, 1.54) is 42.7 Å². The predicted molar refractivity (Wildman–Crippen MR) is 93.1 cm³/mol. The number of halogens is 1. The van der Waals surface area contributed by atoms with Crippen molar-refractivity contribution >= 4 is 27.3 Å². The van der Waals surface area contributed by atoms with Gasteiger partial charge >= 0.3 is 0 Å². The fraction of sp³-hybridized carbons (Fsp3) is 0.235. The molecule has 1 saturated heterocycles. The molecule has 7 nitrogen and oxygen atoms in total. The lowest BCUT2D eigenvalue weighted by molar-refractivity contribution is 0.0940. The van der Waals surface area contributed by atoms with E-state index in [2.05, 4.69) is 15.6 Å². The molecule has 2 amide bonds. The topological polar surface area (TPSA) is 105 Å². The number of benzene rings is 1. The minimum atomic E-state index is -3.10. The Balaban J connectivity index is 1.68. The molecule has 9 heteroatoms. The molecular weight excluding hydrogens is 361 g/mol. The largest absolute Gasteiger partial charge is 0.348 e. The van der Waals surface area contributed by atoms with E-state index < -0.39 is 33.5 Å². The number of pyridine rings is 1. The second-order valence-electron chi connectivity index (χ2n) is 6.00. The lowest BCUT2D eigenvalue weighted by atomic mass is 10.1. The number of anilines is 1. The van der Waals surface area contributed by atoms with Crippen molar-refractivity contribution in [1.29, 1.82) is 0 Å². The fourth-order valence-electron chi connectivity index (χ4n) is 2.60. The standard InChI is InChI=1S/C17H16FN3O4S/c18-13-1-3-14(4-2-13)20-16(22)11-7-12(9-19-8-11)17(23)21-15-5-6-26(24,25)10-15/h1-4,7-9,15H,5-6,10H2,(H,20,22)(H,21,23). The van der Waals surface area contributed by atoms with Gasteiger partial charge in [0.1, 0.15) is 5.82 Å². The maximum absolute atomic E-state index is 12.9. The van der Waals surface area contributed by atoms with Crippen LogP contribution >= 0.6 is 0 Å². The van der Waals surface area contributed by atoms with Gasteiger partial charge in [0.2, 0.25) is 0 Å². The van der Waals surface area contributed by atoms with Crippen molar-refractivity contribution in [3.63, 3.8) is 0 Å². The van der Waals surface area contributed by atoms with Gasteiger partial charge in [-0.3, -0.25) is 14.6 Å². The fourth-order valence-corrected chi connectivity index (χ4v) is 4.28. The average Bonchev–Trinajstić information content (AvgIpc) is 2.95. The molecule has 136 valence electrons. The molecule has 1 unspecified atom stereocenters. The van der Waals surface area contributed by atoms with E-state index in [0.717, 1.165) is 0 Å². The number of amides is 2. The van der Waals surface area contributed by atoms with Crippen molar-refractivity contribution in [3.05, 3.63) is 59.7 Å². The zero-order valence-corrected chi connectivity index (χ0v) is 14.4. The lowest BCUT2D eigenvalue weighted by Gasteiger charge is -2.11. The summed E-state index contributed by atoms with van der Waals surface area (Å²) in [5.74, 6) is -1.44. The van der Waals surface area contributed by atoms with Gasteiger partial charge in [0.25, 0.3) is 11.8 Å². The Morgan fingerprint density at radius 1 is 1.08 bits per heavy atom. The molecule has 0 bridgehead atoms. The Kier molecular flexibility index (Phi) is 4.99.